The Labute approximate surface area is 125 Å². The van der Waals surface area contributed by atoms with Crippen LogP contribution in [0, 0.1) is 6.92 Å². The molecule has 21 heavy (non-hydrogen) atoms. The van der Waals surface area contributed by atoms with E-state index in [1.807, 2.05) is 20.8 Å². The molecule has 1 fully saturated rings. The van der Waals surface area contributed by atoms with Crippen LogP contribution in [0.2, 0.25) is 0 Å². The summed E-state index contributed by atoms with van der Waals surface area (Å²) >= 11 is 0. The summed E-state index contributed by atoms with van der Waals surface area (Å²) in [7, 11) is -3.59. The molecule has 1 aliphatic rings. The van der Waals surface area contributed by atoms with Gasteiger partial charge in [-0.3, -0.25) is 4.79 Å². The van der Waals surface area contributed by atoms with E-state index >= 15 is 0 Å². The fourth-order valence-electron chi connectivity index (χ4n) is 2.46. The van der Waals surface area contributed by atoms with Crippen molar-refractivity contribution in [2.24, 2.45) is 0 Å². The smallest absolute Gasteiger partial charge is 0.238 e. The Balaban J connectivity index is 2.09. The van der Waals surface area contributed by atoms with E-state index in [1.165, 1.54) is 0 Å². The lowest BCUT2D eigenvalue weighted by Gasteiger charge is -2.35. The number of carbonyl (C=O) groups is 1. The molecular formula is C15H21NO4S. The average molecular weight is 311 g/mol. The van der Waals surface area contributed by atoms with Crippen molar-refractivity contribution in [2.75, 3.05) is 18.8 Å². The summed E-state index contributed by atoms with van der Waals surface area (Å²) in [6.07, 6.45) is -0.139. The number of ether oxygens (including phenoxy) is 1. The minimum absolute atomic E-state index is 0.0696. The van der Waals surface area contributed by atoms with Crippen molar-refractivity contribution < 1.29 is 17.9 Å². The van der Waals surface area contributed by atoms with Crippen LogP contribution in [0.15, 0.2) is 29.2 Å². The molecule has 0 radical (unpaired) electrons. The lowest BCUT2D eigenvalue weighted by Crippen LogP contribution is -2.49. The zero-order valence-electron chi connectivity index (χ0n) is 12.6. The first-order valence-corrected chi connectivity index (χ1v) is 8.66. The van der Waals surface area contributed by atoms with Crippen molar-refractivity contribution in [2.45, 2.75) is 37.9 Å². The quantitative estimate of drug-likeness (QED) is 0.846. The van der Waals surface area contributed by atoms with Gasteiger partial charge in [0.1, 0.15) is 5.75 Å². The van der Waals surface area contributed by atoms with Crippen molar-refractivity contribution >= 4 is 15.7 Å². The van der Waals surface area contributed by atoms with Crippen molar-refractivity contribution in [3.05, 3.63) is 29.8 Å². The molecular weight excluding hydrogens is 290 g/mol. The molecule has 1 amide bonds. The van der Waals surface area contributed by atoms with Crippen LogP contribution >= 0.6 is 0 Å². The van der Waals surface area contributed by atoms with Gasteiger partial charge in [-0.1, -0.05) is 17.7 Å². The van der Waals surface area contributed by atoms with Gasteiger partial charge in [-0.05, 0) is 32.9 Å². The Morgan fingerprint density at radius 2 is 1.71 bits per heavy atom. The highest BCUT2D eigenvalue weighted by atomic mass is 32.2. The Morgan fingerprint density at radius 1 is 1.19 bits per heavy atom. The number of aryl methyl sites for hydroxylation is 1. The summed E-state index contributed by atoms with van der Waals surface area (Å²) in [5.74, 6) is -0.854. The molecule has 6 heteroatoms. The van der Waals surface area contributed by atoms with Gasteiger partial charge in [0.2, 0.25) is 5.91 Å². The van der Waals surface area contributed by atoms with Crippen LogP contribution in [0.5, 0.6) is 0 Å². The molecule has 1 aliphatic heterocycles. The minimum atomic E-state index is -3.59. The summed E-state index contributed by atoms with van der Waals surface area (Å²) < 4.78 is 30.1. The molecule has 1 saturated heterocycles. The largest absolute Gasteiger partial charge is 0.372 e. The molecule has 0 aliphatic carbocycles. The zero-order valence-corrected chi connectivity index (χ0v) is 13.4. The van der Waals surface area contributed by atoms with Crippen molar-refractivity contribution in [1.82, 2.24) is 4.90 Å². The van der Waals surface area contributed by atoms with Crippen molar-refractivity contribution in [3.63, 3.8) is 0 Å². The lowest BCUT2D eigenvalue weighted by molar-refractivity contribution is -0.140. The van der Waals surface area contributed by atoms with Crippen LogP contribution in [-0.4, -0.2) is 50.3 Å². The molecule has 1 aromatic carbocycles. The SMILES string of the molecule is Cc1ccc(S(=O)(=O)CC(=O)N2C[C@H](C)O[C@@H](C)C2)cc1. The number of sulfone groups is 1. The van der Waals surface area contributed by atoms with Gasteiger partial charge in [-0.15, -0.1) is 0 Å². The number of hydrogen-bond donors (Lipinski definition) is 0. The molecule has 116 valence electrons. The van der Waals surface area contributed by atoms with Crippen LogP contribution < -0.4 is 0 Å². The van der Waals surface area contributed by atoms with Crippen LogP contribution in [0.4, 0.5) is 0 Å². The van der Waals surface area contributed by atoms with E-state index in [-0.39, 0.29) is 23.0 Å². The molecule has 2 atom stereocenters. The van der Waals surface area contributed by atoms with Gasteiger partial charge in [0.25, 0.3) is 0 Å². The summed E-state index contributed by atoms with van der Waals surface area (Å²) in [6.45, 7) is 6.52. The summed E-state index contributed by atoms with van der Waals surface area (Å²) in [5.41, 5.74) is 0.983. The van der Waals surface area contributed by atoms with E-state index in [4.69, 9.17) is 4.74 Å². The Kier molecular flexibility index (Phi) is 4.68. The highest BCUT2D eigenvalue weighted by molar-refractivity contribution is 7.92. The fraction of sp³-hybridized carbons (Fsp3) is 0.533. The Morgan fingerprint density at radius 3 is 2.24 bits per heavy atom. The minimum Gasteiger partial charge on any atom is -0.372 e. The first-order chi connectivity index (χ1) is 9.78. The molecule has 0 bridgehead atoms. The third kappa shape index (κ3) is 4.04. The van der Waals surface area contributed by atoms with Gasteiger partial charge in [-0.2, -0.15) is 0 Å². The topological polar surface area (TPSA) is 63.7 Å². The summed E-state index contributed by atoms with van der Waals surface area (Å²) in [6, 6.07) is 6.55. The highest BCUT2D eigenvalue weighted by Crippen LogP contribution is 2.15. The van der Waals surface area contributed by atoms with E-state index in [1.54, 1.807) is 29.2 Å². The standard InChI is InChI=1S/C15H21NO4S/c1-11-4-6-14(7-5-11)21(18,19)10-15(17)16-8-12(2)20-13(3)9-16/h4-7,12-13H,8-10H2,1-3H3/t12-,13-/m0/s1. The number of benzene rings is 1. The maximum Gasteiger partial charge on any atom is 0.238 e. The van der Waals surface area contributed by atoms with E-state index in [0.29, 0.717) is 13.1 Å². The first-order valence-electron chi connectivity index (χ1n) is 7.00. The third-order valence-corrected chi connectivity index (χ3v) is 5.08. The maximum atomic E-state index is 12.3. The van der Waals surface area contributed by atoms with Crippen LogP contribution in [0.3, 0.4) is 0 Å². The van der Waals surface area contributed by atoms with Crippen molar-refractivity contribution in [3.8, 4) is 0 Å². The number of rotatable bonds is 3. The maximum absolute atomic E-state index is 12.3. The first kappa shape index (κ1) is 16.0. The second-order valence-corrected chi connectivity index (χ2v) is 7.62. The van der Waals surface area contributed by atoms with Gasteiger partial charge < -0.3 is 9.64 Å². The van der Waals surface area contributed by atoms with Crippen LogP contribution in [-0.2, 0) is 19.4 Å². The van der Waals surface area contributed by atoms with Gasteiger partial charge in [0.05, 0.1) is 17.1 Å². The van der Waals surface area contributed by atoms with Crippen LogP contribution in [0.1, 0.15) is 19.4 Å². The Bertz CT molecular complexity index is 599. The molecule has 5 nitrogen and oxygen atoms in total. The number of amides is 1. The van der Waals surface area contributed by atoms with E-state index < -0.39 is 15.6 Å². The van der Waals surface area contributed by atoms with Gasteiger partial charge >= 0.3 is 0 Å². The molecule has 0 N–H and O–H groups in total. The molecule has 0 saturated carbocycles. The predicted molar refractivity (Wildman–Crippen MR) is 79.8 cm³/mol. The number of hydrogen-bond acceptors (Lipinski definition) is 4. The van der Waals surface area contributed by atoms with E-state index in [0.717, 1.165) is 5.56 Å². The second kappa shape index (κ2) is 6.15. The predicted octanol–water partition coefficient (Wildman–Crippen LogP) is 1.40. The molecule has 1 heterocycles. The Hall–Kier alpha value is -1.40. The molecule has 0 spiro atoms. The van der Waals surface area contributed by atoms with Crippen LogP contribution in [0.25, 0.3) is 0 Å². The van der Waals surface area contributed by atoms with E-state index in [2.05, 4.69) is 0 Å². The molecule has 0 unspecified atom stereocenters. The zero-order chi connectivity index (χ0) is 15.6. The fourth-order valence-corrected chi connectivity index (χ4v) is 3.69. The second-order valence-electron chi connectivity index (χ2n) is 5.63. The average Bonchev–Trinajstić information content (AvgIpc) is 2.37. The van der Waals surface area contributed by atoms with Gasteiger partial charge in [0.15, 0.2) is 9.84 Å². The van der Waals surface area contributed by atoms with E-state index in [9.17, 15) is 13.2 Å². The summed E-state index contributed by atoms with van der Waals surface area (Å²) in [4.78, 5) is 14.0. The normalized spacial score (nSPS) is 23.1. The summed E-state index contributed by atoms with van der Waals surface area (Å²) in [5, 5.41) is 0. The molecule has 2 rings (SSSR count). The third-order valence-electron chi connectivity index (χ3n) is 3.47. The van der Waals surface area contributed by atoms with Gasteiger partial charge in [-0.25, -0.2) is 8.42 Å². The number of nitrogens with zero attached hydrogens (tertiary/aromatic N) is 1. The monoisotopic (exact) mass is 311 g/mol. The highest BCUT2D eigenvalue weighted by Gasteiger charge is 2.29. The number of carbonyl (C=O) groups excluding carboxylic acids is 1. The molecule has 1 aromatic rings. The lowest BCUT2D eigenvalue weighted by atomic mass is 10.2. The number of morpholine rings is 1. The van der Waals surface area contributed by atoms with Gasteiger partial charge in [0, 0.05) is 13.1 Å². The van der Waals surface area contributed by atoms with Crippen molar-refractivity contribution in [1.29, 1.82) is 0 Å². The molecule has 0 aromatic heterocycles.